The molecule has 2 heterocycles. The van der Waals surface area contributed by atoms with Crippen LogP contribution in [0, 0.1) is 11.6 Å². The molecule has 5 nitrogen and oxygen atoms in total. The number of aliphatic hydroxyl groups excluding tert-OH is 1. The Hall–Kier alpha value is -2.33. The highest BCUT2D eigenvalue weighted by atomic mass is 32.2. The molecular formula is C28H32F2N2O3S2. The van der Waals surface area contributed by atoms with Crippen molar-refractivity contribution in [3.05, 3.63) is 94.4 Å². The third kappa shape index (κ3) is 7.83. The van der Waals surface area contributed by atoms with Crippen LogP contribution < -0.4 is 10.6 Å². The second kappa shape index (κ2) is 13.5. The van der Waals surface area contributed by atoms with E-state index in [9.17, 15) is 18.7 Å². The molecule has 2 aromatic carbocycles. The van der Waals surface area contributed by atoms with Crippen LogP contribution in [0.15, 0.2) is 59.2 Å². The Morgan fingerprint density at radius 2 is 1.81 bits per heavy atom. The van der Waals surface area contributed by atoms with Gasteiger partial charge in [0.2, 0.25) is 0 Å². The Morgan fingerprint density at radius 3 is 2.54 bits per heavy atom. The van der Waals surface area contributed by atoms with Gasteiger partial charge in [-0.2, -0.15) is 0 Å². The molecule has 0 spiro atoms. The fourth-order valence-corrected chi connectivity index (χ4v) is 7.17. The van der Waals surface area contributed by atoms with Crippen LogP contribution >= 0.6 is 23.5 Å². The normalized spacial score (nSPS) is 15.9. The zero-order valence-corrected chi connectivity index (χ0v) is 22.3. The number of hydrogen-bond acceptors (Lipinski definition) is 6. The number of aliphatic hydroxyl groups is 1. The number of carbonyl (C=O) groups excluding carboxylic acids is 1. The van der Waals surface area contributed by atoms with Crippen molar-refractivity contribution in [2.24, 2.45) is 0 Å². The molecule has 0 aliphatic carbocycles. The minimum atomic E-state index is -1.00. The molecule has 2 atom stereocenters. The zero-order chi connectivity index (χ0) is 26.2. The lowest BCUT2D eigenvalue weighted by molar-refractivity contribution is 0.0828. The summed E-state index contributed by atoms with van der Waals surface area (Å²) < 4.78 is 33.4. The summed E-state index contributed by atoms with van der Waals surface area (Å²) in [4.78, 5) is 13.3. The first-order chi connectivity index (χ1) is 17.9. The number of benzene rings is 2. The molecule has 4 rings (SSSR count). The van der Waals surface area contributed by atoms with Gasteiger partial charge in [-0.25, -0.2) is 8.78 Å². The molecule has 1 saturated heterocycles. The summed E-state index contributed by atoms with van der Waals surface area (Å²) in [5, 5.41) is 17.2. The van der Waals surface area contributed by atoms with Crippen molar-refractivity contribution in [3.8, 4) is 0 Å². The maximum Gasteiger partial charge on any atom is 0.255 e. The quantitative estimate of drug-likeness (QED) is 0.296. The Balaban J connectivity index is 1.46. The molecule has 198 valence electrons. The number of halogens is 2. The lowest BCUT2D eigenvalue weighted by Gasteiger charge is -2.25. The topological polar surface area (TPSA) is 74.5 Å². The second-order valence-electron chi connectivity index (χ2n) is 9.06. The predicted molar refractivity (Wildman–Crippen MR) is 146 cm³/mol. The van der Waals surface area contributed by atoms with Crippen LogP contribution in [0.25, 0.3) is 0 Å². The lowest BCUT2D eigenvalue weighted by Crippen LogP contribution is -2.48. The number of thioether (sulfide) groups is 2. The molecule has 1 fully saturated rings. The van der Waals surface area contributed by atoms with Gasteiger partial charge in [0.15, 0.2) is 0 Å². The van der Waals surface area contributed by atoms with Crippen LogP contribution in [0.2, 0.25) is 0 Å². The van der Waals surface area contributed by atoms with E-state index < -0.39 is 23.8 Å². The monoisotopic (exact) mass is 546 g/mol. The van der Waals surface area contributed by atoms with Crippen LogP contribution in [-0.4, -0.2) is 41.2 Å². The SMILES string of the molecule is CCc1cccc(CNC[C@H](O)[C@H](Cc2cc(F)cc(F)c2)NC(=O)c2ccoc2C2SCCCS2)c1. The smallest absolute Gasteiger partial charge is 0.255 e. The predicted octanol–water partition coefficient (Wildman–Crippen LogP) is 5.48. The van der Waals surface area contributed by atoms with Gasteiger partial charge in [-0.15, -0.1) is 23.5 Å². The largest absolute Gasteiger partial charge is 0.466 e. The molecule has 37 heavy (non-hydrogen) atoms. The van der Waals surface area contributed by atoms with Crippen molar-refractivity contribution in [2.45, 2.75) is 49.5 Å². The van der Waals surface area contributed by atoms with Crippen molar-refractivity contribution in [1.82, 2.24) is 10.6 Å². The number of carbonyl (C=O) groups is 1. The number of amides is 1. The number of rotatable bonds is 11. The van der Waals surface area contributed by atoms with E-state index in [2.05, 4.69) is 29.7 Å². The fraction of sp³-hybridized carbons (Fsp3) is 0.393. The molecule has 0 bridgehead atoms. The molecule has 9 heteroatoms. The molecule has 1 aliphatic rings. The van der Waals surface area contributed by atoms with Crippen LogP contribution in [0.3, 0.4) is 0 Å². The van der Waals surface area contributed by atoms with Gasteiger partial charge in [-0.05, 0) is 65.7 Å². The molecule has 0 radical (unpaired) electrons. The standard InChI is InChI=1S/C28H32F2N2O3S2/c1-2-18-5-3-6-19(11-18)16-31-17-25(33)24(14-20-12-21(29)15-22(30)13-20)32-27(34)23-7-8-35-26(23)28-36-9-4-10-37-28/h3,5-8,11-13,15,24-25,28,31,33H,2,4,9-10,14,16-17H2,1H3,(H,32,34)/t24-,25-/m0/s1. The van der Waals surface area contributed by atoms with Crippen molar-refractivity contribution in [3.63, 3.8) is 0 Å². The first-order valence-corrected chi connectivity index (χ1v) is 14.6. The average Bonchev–Trinajstić information content (AvgIpc) is 3.39. The highest BCUT2D eigenvalue weighted by Gasteiger charge is 2.29. The van der Waals surface area contributed by atoms with E-state index in [4.69, 9.17) is 4.42 Å². The number of nitrogens with one attached hydrogen (secondary N) is 2. The van der Waals surface area contributed by atoms with E-state index in [-0.39, 0.29) is 23.5 Å². The molecule has 3 N–H and O–H groups in total. The van der Waals surface area contributed by atoms with Gasteiger partial charge < -0.3 is 20.2 Å². The van der Waals surface area contributed by atoms with Crippen LogP contribution in [0.5, 0.6) is 0 Å². The van der Waals surface area contributed by atoms with Crippen LogP contribution in [0.1, 0.15) is 50.7 Å². The van der Waals surface area contributed by atoms with Gasteiger partial charge in [0, 0.05) is 19.2 Å². The lowest BCUT2D eigenvalue weighted by atomic mass is 10.00. The molecule has 1 aromatic heterocycles. The summed E-state index contributed by atoms with van der Waals surface area (Å²) in [6.45, 7) is 2.82. The third-order valence-electron chi connectivity index (χ3n) is 6.22. The number of hydrogen-bond donors (Lipinski definition) is 3. The Morgan fingerprint density at radius 1 is 1.08 bits per heavy atom. The molecular weight excluding hydrogens is 514 g/mol. The number of aryl methyl sites for hydroxylation is 1. The van der Waals surface area contributed by atoms with E-state index >= 15 is 0 Å². The highest BCUT2D eigenvalue weighted by Crippen LogP contribution is 2.45. The Bertz CT molecular complexity index is 1160. The molecule has 0 saturated carbocycles. The Labute approximate surface area is 224 Å². The number of furan rings is 1. The van der Waals surface area contributed by atoms with Crippen LogP contribution in [0.4, 0.5) is 8.78 Å². The second-order valence-corrected chi connectivity index (χ2v) is 11.8. The maximum atomic E-state index is 13.9. The molecule has 3 aromatic rings. The van der Waals surface area contributed by atoms with E-state index in [0.29, 0.717) is 23.4 Å². The van der Waals surface area contributed by atoms with Gasteiger partial charge in [0.05, 0.1) is 24.0 Å². The van der Waals surface area contributed by atoms with Gasteiger partial charge in [0.25, 0.3) is 5.91 Å². The zero-order valence-electron chi connectivity index (χ0n) is 20.7. The highest BCUT2D eigenvalue weighted by molar-refractivity contribution is 8.16. The molecule has 1 amide bonds. The summed E-state index contributed by atoms with van der Waals surface area (Å²) in [5.74, 6) is 0.814. The first kappa shape index (κ1) is 27.7. The minimum Gasteiger partial charge on any atom is -0.466 e. The summed E-state index contributed by atoms with van der Waals surface area (Å²) in [7, 11) is 0. The van der Waals surface area contributed by atoms with Crippen molar-refractivity contribution < 1.29 is 23.1 Å². The minimum absolute atomic E-state index is 0.0331. The van der Waals surface area contributed by atoms with Crippen molar-refractivity contribution in [1.29, 1.82) is 0 Å². The first-order valence-electron chi connectivity index (χ1n) is 12.5. The Kier molecular flexibility index (Phi) is 10.1. The van der Waals surface area contributed by atoms with Crippen molar-refractivity contribution in [2.75, 3.05) is 18.1 Å². The molecule has 1 aliphatic heterocycles. The van der Waals surface area contributed by atoms with E-state index in [1.807, 2.05) is 12.1 Å². The van der Waals surface area contributed by atoms with Gasteiger partial charge in [0.1, 0.15) is 22.0 Å². The van der Waals surface area contributed by atoms with Crippen molar-refractivity contribution >= 4 is 29.4 Å². The van der Waals surface area contributed by atoms with Gasteiger partial charge >= 0.3 is 0 Å². The summed E-state index contributed by atoms with van der Waals surface area (Å²) in [6, 6.07) is 12.3. The van der Waals surface area contributed by atoms with E-state index in [0.717, 1.165) is 36.0 Å². The van der Waals surface area contributed by atoms with Crippen LogP contribution in [-0.2, 0) is 19.4 Å². The van der Waals surface area contributed by atoms with E-state index in [1.165, 1.54) is 24.0 Å². The fourth-order valence-electron chi connectivity index (χ4n) is 4.31. The summed E-state index contributed by atoms with van der Waals surface area (Å²) >= 11 is 3.48. The molecule has 0 unspecified atom stereocenters. The maximum absolute atomic E-state index is 13.9. The van der Waals surface area contributed by atoms with Gasteiger partial charge in [-0.1, -0.05) is 31.2 Å². The van der Waals surface area contributed by atoms with Gasteiger partial charge in [-0.3, -0.25) is 4.79 Å². The summed E-state index contributed by atoms with van der Waals surface area (Å²) in [5.41, 5.74) is 3.08. The third-order valence-corrected chi connectivity index (χ3v) is 9.12. The average molecular weight is 547 g/mol. The van der Waals surface area contributed by atoms with E-state index in [1.54, 1.807) is 29.6 Å². The summed E-state index contributed by atoms with van der Waals surface area (Å²) in [6.07, 6.45) is 2.61.